The molecular formula is C29H28F6N2O2. The summed E-state index contributed by atoms with van der Waals surface area (Å²) in [4.78, 5) is 3.93. The molecule has 1 unspecified atom stereocenters. The zero-order valence-electron chi connectivity index (χ0n) is 21.1. The summed E-state index contributed by atoms with van der Waals surface area (Å²) in [7, 11) is 0. The van der Waals surface area contributed by atoms with Crippen molar-refractivity contribution in [2.24, 2.45) is 0 Å². The van der Waals surface area contributed by atoms with E-state index in [4.69, 9.17) is 4.74 Å². The standard InChI is InChI=1S/C29H28F6N2O2/c30-28(31,32)11-12-37-20-27(25-9-1-2-10-26(25)37,19-21-5-3-8-24(17-21)39-29(33,34)35)22-6-4-7-23(18-22)36-13-15-38-16-14-36/h1-10,17-18H,11-16,19-20H2. The lowest BCUT2D eigenvalue weighted by molar-refractivity contribution is -0.274. The van der Waals surface area contributed by atoms with Crippen LogP contribution in [-0.2, 0) is 16.6 Å². The van der Waals surface area contributed by atoms with Gasteiger partial charge in [0.15, 0.2) is 0 Å². The minimum atomic E-state index is -4.84. The van der Waals surface area contributed by atoms with Gasteiger partial charge < -0.3 is 19.3 Å². The van der Waals surface area contributed by atoms with Crippen molar-refractivity contribution in [1.82, 2.24) is 0 Å². The molecule has 2 aliphatic rings. The summed E-state index contributed by atoms with van der Waals surface area (Å²) in [6.45, 7) is 2.63. The number of para-hydroxylation sites is 1. The van der Waals surface area contributed by atoms with E-state index >= 15 is 0 Å². The van der Waals surface area contributed by atoms with Gasteiger partial charge in [0, 0.05) is 43.0 Å². The van der Waals surface area contributed by atoms with E-state index in [0.717, 1.165) is 16.8 Å². The summed E-state index contributed by atoms with van der Waals surface area (Å²) in [6, 6.07) is 21.1. The van der Waals surface area contributed by atoms with E-state index < -0.39 is 24.4 Å². The van der Waals surface area contributed by atoms with Gasteiger partial charge in [-0.25, -0.2) is 0 Å². The summed E-state index contributed by atoms with van der Waals surface area (Å²) in [5, 5.41) is 0. The zero-order chi connectivity index (χ0) is 27.7. The van der Waals surface area contributed by atoms with Crippen molar-refractivity contribution in [2.45, 2.75) is 30.8 Å². The van der Waals surface area contributed by atoms with Gasteiger partial charge in [-0.1, -0.05) is 42.5 Å². The second-order valence-corrected chi connectivity index (χ2v) is 9.91. The van der Waals surface area contributed by atoms with Crippen molar-refractivity contribution >= 4 is 11.4 Å². The Balaban J connectivity index is 1.59. The average molecular weight is 551 g/mol. The third-order valence-electron chi connectivity index (χ3n) is 7.30. The number of fused-ring (bicyclic) bond motifs is 1. The smallest absolute Gasteiger partial charge is 0.406 e. The number of hydrogen-bond acceptors (Lipinski definition) is 4. The maximum absolute atomic E-state index is 13.2. The molecule has 2 heterocycles. The molecule has 3 aromatic carbocycles. The Morgan fingerprint density at radius 1 is 0.846 bits per heavy atom. The number of rotatable bonds is 7. The Labute approximate surface area is 222 Å². The van der Waals surface area contributed by atoms with Crippen LogP contribution in [0.15, 0.2) is 72.8 Å². The number of morpholine rings is 1. The second kappa shape index (κ2) is 10.6. The van der Waals surface area contributed by atoms with Crippen molar-refractivity contribution in [3.63, 3.8) is 0 Å². The molecule has 208 valence electrons. The Hall–Kier alpha value is -3.40. The Kier molecular flexibility index (Phi) is 7.41. The van der Waals surface area contributed by atoms with Gasteiger partial charge in [-0.3, -0.25) is 0 Å². The van der Waals surface area contributed by atoms with E-state index in [0.29, 0.717) is 37.6 Å². The molecule has 0 amide bonds. The summed E-state index contributed by atoms with van der Waals surface area (Å²) < 4.78 is 88.2. The maximum atomic E-state index is 13.2. The fourth-order valence-electron chi connectivity index (χ4n) is 5.63. The van der Waals surface area contributed by atoms with Gasteiger partial charge >= 0.3 is 12.5 Å². The number of ether oxygens (including phenoxy) is 2. The Bertz CT molecular complexity index is 1290. The molecule has 2 aliphatic heterocycles. The molecule has 1 fully saturated rings. The molecule has 5 rings (SSSR count). The van der Waals surface area contributed by atoms with Crippen LogP contribution in [0.5, 0.6) is 5.75 Å². The largest absolute Gasteiger partial charge is 0.573 e. The highest BCUT2D eigenvalue weighted by molar-refractivity contribution is 5.68. The molecule has 0 bridgehead atoms. The van der Waals surface area contributed by atoms with Gasteiger partial charge in [0.1, 0.15) is 5.75 Å². The second-order valence-electron chi connectivity index (χ2n) is 9.91. The van der Waals surface area contributed by atoms with Crippen LogP contribution in [0.3, 0.4) is 0 Å². The average Bonchev–Trinajstić information content (AvgIpc) is 3.21. The SMILES string of the molecule is FC(F)(F)CCN1CC(Cc2cccc(OC(F)(F)F)c2)(c2cccc(N3CCOCC3)c2)c2ccccc21. The molecule has 0 spiro atoms. The fourth-order valence-corrected chi connectivity index (χ4v) is 5.63. The normalized spacial score (nSPS) is 19.7. The maximum Gasteiger partial charge on any atom is 0.573 e. The molecule has 4 nitrogen and oxygen atoms in total. The van der Waals surface area contributed by atoms with Gasteiger partial charge in [-0.2, -0.15) is 13.2 Å². The van der Waals surface area contributed by atoms with Crippen LogP contribution in [0, 0.1) is 0 Å². The van der Waals surface area contributed by atoms with Crippen molar-refractivity contribution in [3.8, 4) is 5.75 Å². The van der Waals surface area contributed by atoms with Crippen LogP contribution in [-0.4, -0.2) is 51.9 Å². The number of hydrogen-bond donors (Lipinski definition) is 0. The molecule has 10 heteroatoms. The molecule has 1 saturated heterocycles. The number of alkyl halides is 6. The summed E-state index contributed by atoms with van der Waals surface area (Å²) in [5.41, 5.74) is 3.17. The van der Waals surface area contributed by atoms with E-state index in [1.54, 1.807) is 17.0 Å². The first-order valence-electron chi connectivity index (χ1n) is 12.7. The molecule has 1 atom stereocenters. The van der Waals surface area contributed by atoms with E-state index in [1.165, 1.54) is 18.2 Å². The molecule has 3 aromatic rings. The minimum Gasteiger partial charge on any atom is -0.406 e. The van der Waals surface area contributed by atoms with E-state index in [9.17, 15) is 26.3 Å². The molecule has 0 aromatic heterocycles. The topological polar surface area (TPSA) is 24.9 Å². The van der Waals surface area contributed by atoms with Crippen LogP contribution in [0.25, 0.3) is 0 Å². The lowest BCUT2D eigenvalue weighted by Crippen LogP contribution is -2.39. The summed E-state index contributed by atoms with van der Waals surface area (Å²) in [5.74, 6) is -0.336. The Morgan fingerprint density at radius 2 is 1.59 bits per heavy atom. The van der Waals surface area contributed by atoms with Gasteiger partial charge in [-0.05, 0) is 53.4 Å². The summed E-state index contributed by atoms with van der Waals surface area (Å²) in [6.07, 6.45) is -9.86. The number of nitrogens with zero attached hydrogens (tertiary/aromatic N) is 2. The number of benzene rings is 3. The highest BCUT2D eigenvalue weighted by Gasteiger charge is 2.45. The third-order valence-corrected chi connectivity index (χ3v) is 7.30. The van der Waals surface area contributed by atoms with E-state index in [2.05, 4.69) is 9.64 Å². The van der Waals surface area contributed by atoms with Crippen molar-refractivity contribution in [3.05, 3.63) is 89.5 Å². The van der Waals surface area contributed by atoms with Gasteiger partial charge in [0.25, 0.3) is 0 Å². The van der Waals surface area contributed by atoms with Crippen LogP contribution in [0.2, 0.25) is 0 Å². The molecule has 0 N–H and O–H groups in total. The highest BCUT2D eigenvalue weighted by Crippen LogP contribution is 2.48. The highest BCUT2D eigenvalue weighted by atomic mass is 19.4. The molecule has 0 aliphatic carbocycles. The predicted molar refractivity (Wildman–Crippen MR) is 136 cm³/mol. The van der Waals surface area contributed by atoms with Crippen molar-refractivity contribution in [1.29, 1.82) is 0 Å². The third kappa shape index (κ3) is 6.27. The predicted octanol–water partition coefficient (Wildman–Crippen LogP) is 6.72. The summed E-state index contributed by atoms with van der Waals surface area (Å²) >= 11 is 0. The van der Waals surface area contributed by atoms with E-state index in [-0.39, 0.29) is 25.3 Å². The van der Waals surface area contributed by atoms with Gasteiger partial charge in [0.2, 0.25) is 0 Å². The van der Waals surface area contributed by atoms with Crippen LogP contribution >= 0.6 is 0 Å². The zero-order valence-corrected chi connectivity index (χ0v) is 21.1. The molecule has 0 saturated carbocycles. The number of halogens is 6. The van der Waals surface area contributed by atoms with Crippen LogP contribution < -0.4 is 14.5 Å². The monoisotopic (exact) mass is 550 g/mol. The van der Waals surface area contributed by atoms with Crippen LogP contribution in [0.4, 0.5) is 37.7 Å². The Morgan fingerprint density at radius 3 is 2.33 bits per heavy atom. The van der Waals surface area contributed by atoms with Crippen molar-refractivity contribution in [2.75, 3.05) is 49.2 Å². The van der Waals surface area contributed by atoms with Gasteiger partial charge in [0.05, 0.1) is 19.6 Å². The molecule has 39 heavy (non-hydrogen) atoms. The van der Waals surface area contributed by atoms with E-state index in [1.807, 2.05) is 42.5 Å². The quantitative estimate of drug-likeness (QED) is 0.305. The van der Waals surface area contributed by atoms with Crippen molar-refractivity contribution < 1.29 is 35.8 Å². The fraction of sp³-hybridized carbons (Fsp3) is 0.379. The molecular weight excluding hydrogens is 522 g/mol. The first-order chi connectivity index (χ1) is 18.5. The number of anilines is 2. The lowest BCUT2D eigenvalue weighted by Gasteiger charge is -2.34. The van der Waals surface area contributed by atoms with Crippen LogP contribution in [0.1, 0.15) is 23.1 Å². The minimum absolute atomic E-state index is 0.220. The molecule has 0 radical (unpaired) electrons. The first-order valence-corrected chi connectivity index (χ1v) is 12.7. The first kappa shape index (κ1) is 27.2. The lowest BCUT2D eigenvalue weighted by atomic mass is 9.71. The van der Waals surface area contributed by atoms with Gasteiger partial charge in [-0.15, -0.1) is 13.2 Å².